The molecular formula is C33H58ClN5O8. The highest BCUT2D eigenvalue weighted by Crippen LogP contribution is 2.38. The largest absolute Gasteiger partial charge is 0.387 e. The molecule has 2 saturated heterocycles. The molecule has 3 heterocycles. The molecule has 0 saturated carbocycles. The lowest BCUT2D eigenvalue weighted by Crippen LogP contribution is -2.55. The first kappa shape index (κ1) is 40.9. The Morgan fingerprint density at radius 3 is 1.98 bits per heavy atom. The smallest absolute Gasteiger partial charge is 0.330 e. The van der Waals surface area contributed by atoms with Gasteiger partial charge in [0.15, 0.2) is 6.23 Å². The van der Waals surface area contributed by atoms with Gasteiger partial charge in [0, 0.05) is 25.7 Å². The van der Waals surface area contributed by atoms with Gasteiger partial charge in [-0.25, -0.2) is 4.79 Å². The van der Waals surface area contributed by atoms with E-state index in [1.54, 1.807) is 0 Å². The number of aromatic nitrogens is 2. The number of aliphatic hydroxyl groups is 2. The number of nitrogens with two attached hydrogens (primary N) is 1. The standard InChI is InChI=1S/C33H57N5O8.ClH/c1-3-4-5-6-7-8-9-10-11-12-13-14-15-16-21-35-31(43)26-29(45-25(18-17-20-34)38(26)23(2)39)30-27(41)28(42)32(46-30)37-22-19-24(40)36-33(37)44;/h19,22,25-30,32,41-42H,3-18,20-21,34H2,1-2H3,(H,35,43)(H,36,40,44);1H/t25-,26+,27+,28-,29+,30+,32-;/m1./s1. The molecule has 0 radical (unpaired) electrons. The van der Waals surface area contributed by atoms with Crippen molar-refractivity contribution in [3.63, 3.8) is 0 Å². The highest BCUT2D eigenvalue weighted by atomic mass is 35.5. The van der Waals surface area contributed by atoms with E-state index >= 15 is 0 Å². The number of aliphatic hydroxyl groups excluding tert-OH is 2. The van der Waals surface area contributed by atoms with Crippen LogP contribution in [-0.2, 0) is 19.1 Å². The fourth-order valence-electron chi connectivity index (χ4n) is 6.54. The molecule has 0 aromatic carbocycles. The average molecular weight is 688 g/mol. The Morgan fingerprint density at radius 1 is 0.872 bits per heavy atom. The number of nitrogens with zero attached hydrogens (tertiary/aromatic N) is 2. The van der Waals surface area contributed by atoms with Gasteiger partial charge in [0.2, 0.25) is 11.8 Å². The number of nitrogens with one attached hydrogen (secondary N) is 2. The van der Waals surface area contributed by atoms with E-state index in [1.165, 1.54) is 82.5 Å². The molecule has 2 amide bonds. The van der Waals surface area contributed by atoms with Gasteiger partial charge in [-0.3, -0.25) is 23.9 Å². The maximum atomic E-state index is 13.6. The van der Waals surface area contributed by atoms with E-state index in [4.69, 9.17) is 15.2 Å². The summed E-state index contributed by atoms with van der Waals surface area (Å²) in [5.41, 5.74) is 4.25. The maximum absolute atomic E-state index is 13.6. The van der Waals surface area contributed by atoms with Gasteiger partial charge in [0.25, 0.3) is 5.56 Å². The Morgan fingerprint density at radius 2 is 1.45 bits per heavy atom. The van der Waals surface area contributed by atoms with Crippen LogP contribution in [0.25, 0.3) is 0 Å². The Bertz CT molecular complexity index is 1180. The Kier molecular flexibility index (Phi) is 18.8. The number of halogens is 1. The summed E-state index contributed by atoms with van der Waals surface area (Å²) in [6, 6.07) is -0.0401. The second-order valence-electron chi connectivity index (χ2n) is 12.7. The monoisotopic (exact) mass is 687 g/mol. The number of H-pyrrole nitrogens is 1. The molecule has 1 aromatic rings. The minimum Gasteiger partial charge on any atom is -0.387 e. The molecule has 2 fully saturated rings. The SMILES string of the molecule is CCCCCCCCCCCCCCCCNC(=O)[C@@H]1[C@@H]([C@H]2O[C@@H](n3ccc(=O)[nH]c3=O)[C@H](O)[C@@H]2O)O[C@H](CCCN)N1C(C)=O.Cl. The minimum absolute atomic E-state index is 0. The zero-order valence-corrected chi connectivity index (χ0v) is 29.0. The molecule has 0 aliphatic carbocycles. The van der Waals surface area contributed by atoms with Crippen LogP contribution >= 0.6 is 12.4 Å². The van der Waals surface area contributed by atoms with Gasteiger partial charge in [-0.05, 0) is 25.8 Å². The number of hydrogen-bond acceptors (Lipinski definition) is 9. The number of ether oxygens (including phenoxy) is 2. The van der Waals surface area contributed by atoms with Gasteiger partial charge < -0.3 is 35.6 Å². The fourth-order valence-corrected chi connectivity index (χ4v) is 6.54. The lowest BCUT2D eigenvalue weighted by atomic mass is 9.98. The normalized spacial score (nSPS) is 25.6. The van der Waals surface area contributed by atoms with Crippen molar-refractivity contribution in [2.24, 2.45) is 5.73 Å². The summed E-state index contributed by atoms with van der Waals surface area (Å²) < 4.78 is 13.1. The van der Waals surface area contributed by atoms with Crippen molar-refractivity contribution >= 4 is 24.2 Å². The van der Waals surface area contributed by atoms with Crippen LogP contribution in [0.15, 0.2) is 21.9 Å². The van der Waals surface area contributed by atoms with Crippen molar-refractivity contribution in [3.05, 3.63) is 33.1 Å². The molecule has 47 heavy (non-hydrogen) atoms. The molecule has 1 aromatic heterocycles. The number of unbranched alkanes of at least 4 members (excludes halogenated alkanes) is 13. The zero-order chi connectivity index (χ0) is 33.5. The fraction of sp³-hybridized carbons (Fsp3) is 0.818. The Labute approximate surface area is 284 Å². The van der Waals surface area contributed by atoms with Crippen LogP contribution in [0.1, 0.15) is 123 Å². The third-order valence-corrected chi connectivity index (χ3v) is 9.08. The first-order valence-corrected chi connectivity index (χ1v) is 17.5. The molecule has 0 bridgehead atoms. The minimum atomic E-state index is -1.56. The highest BCUT2D eigenvalue weighted by Gasteiger charge is 2.57. The van der Waals surface area contributed by atoms with Gasteiger partial charge in [0.1, 0.15) is 36.7 Å². The van der Waals surface area contributed by atoms with E-state index in [2.05, 4.69) is 17.2 Å². The molecule has 13 nitrogen and oxygen atoms in total. The number of amides is 2. The molecule has 7 atom stereocenters. The van der Waals surface area contributed by atoms with Crippen LogP contribution < -0.4 is 22.3 Å². The van der Waals surface area contributed by atoms with Gasteiger partial charge >= 0.3 is 5.69 Å². The molecule has 2 aliphatic rings. The van der Waals surface area contributed by atoms with E-state index in [1.807, 2.05) is 0 Å². The lowest BCUT2D eigenvalue weighted by molar-refractivity contribution is -0.140. The number of carbonyl (C=O) groups is 2. The molecule has 270 valence electrons. The van der Waals surface area contributed by atoms with E-state index in [9.17, 15) is 29.4 Å². The average Bonchev–Trinajstić information content (AvgIpc) is 3.55. The Hall–Kier alpha value is -2.29. The van der Waals surface area contributed by atoms with E-state index < -0.39 is 60.1 Å². The van der Waals surface area contributed by atoms with E-state index in [0.29, 0.717) is 25.9 Å². The molecule has 6 N–H and O–H groups in total. The second kappa shape index (κ2) is 21.6. The van der Waals surface area contributed by atoms with Gasteiger partial charge in [-0.1, -0.05) is 90.4 Å². The summed E-state index contributed by atoms with van der Waals surface area (Å²) in [4.78, 5) is 53.8. The summed E-state index contributed by atoms with van der Waals surface area (Å²) >= 11 is 0. The lowest BCUT2D eigenvalue weighted by Gasteiger charge is -2.29. The molecule has 0 unspecified atom stereocenters. The summed E-state index contributed by atoms with van der Waals surface area (Å²) in [5.74, 6) is -0.831. The Balaban J connectivity index is 0.00000768. The second-order valence-corrected chi connectivity index (χ2v) is 12.7. The topological polar surface area (TPSA) is 189 Å². The van der Waals surface area contributed by atoms with Crippen LogP contribution in [0.3, 0.4) is 0 Å². The van der Waals surface area contributed by atoms with Crippen molar-refractivity contribution in [1.82, 2.24) is 19.8 Å². The van der Waals surface area contributed by atoms with Crippen LogP contribution in [0, 0.1) is 0 Å². The summed E-state index contributed by atoms with van der Waals surface area (Å²) in [6.07, 6.45) is 11.6. The predicted octanol–water partition coefficient (Wildman–Crippen LogP) is 2.86. The van der Waals surface area contributed by atoms with Crippen molar-refractivity contribution in [2.45, 2.75) is 159 Å². The molecule has 2 aliphatic heterocycles. The summed E-state index contributed by atoms with van der Waals surface area (Å²) in [7, 11) is 0. The van der Waals surface area contributed by atoms with Crippen LogP contribution in [-0.4, -0.2) is 86.3 Å². The van der Waals surface area contributed by atoms with Crippen molar-refractivity contribution in [1.29, 1.82) is 0 Å². The van der Waals surface area contributed by atoms with Gasteiger partial charge in [-0.2, -0.15) is 0 Å². The van der Waals surface area contributed by atoms with Crippen LogP contribution in [0.4, 0.5) is 0 Å². The summed E-state index contributed by atoms with van der Waals surface area (Å²) in [5, 5.41) is 24.8. The maximum Gasteiger partial charge on any atom is 0.330 e. The van der Waals surface area contributed by atoms with Crippen molar-refractivity contribution in [2.75, 3.05) is 13.1 Å². The number of aromatic amines is 1. The zero-order valence-electron chi connectivity index (χ0n) is 28.1. The van der Waals surface area contributed by atoms with E-state index in [-0.39, 0.29) is 18.3 Å². The first-order chi connectivity index (χ1) is 22.2. The third kappa shape index (κ3) is 12.0. The quantitative estimate of drug-likeness (QED) is 0.121. The molecule has 0 spiro atoms. The molecule has 3 rings (SSSR count). The number of rotatable bonds is 21. The molecule has 14 heteroatoms. The van der Waals surface area contributed by atoms with E-state index in [0.717, 1.165) is 36.1 Å². The number of hydrogen-bond donors (Lipinski definition) is 5. The van der Waals surface area contributed by atoms with Gasteiger partial charge in [-0.15, -0.1) is 12.4 Å². The highest BCUT2D eigenvalue weighted by molar-refractivity contribution is 5.88. The molecular weight excluding hydrogens is 630 g/mol. The van der Waals surface area contributed by atoms with Crippen molar-refractivity contribution < 1.29 is 29.3 Å². The van der Waals surface area contributed by atoms with Crippen LogP contribution in [0.5, 0.6) is 0 Å². The number of carbonyl (C=O) groups excluding carboxylic acids is 2. The van der Waals surface area contributed by atoms with Crippen molar-refractivity contribution in [3.8, 4) is 0 Å². The third-order valence-electron chi connectivity index (χ3n) is 9.08. The first-order valence-electron chi connectivity index (χ1n) is 17.5. The predicted molar refractivity (Wildman–Crippen MR) is 181 cm³/mol. The summed E-state index contributed by atoms with van der Waals surface area (Å²) in [6.45, 7) is 4.36. The van der Waals surface area contributed by atoms with Gasteiger partial charge in [0.05, 0.1) is 0 Å². The van der Waals surface area contributed by atoms with Crippen LogP contribution in [0.2, 0.25) is 0 Å².